The number of ether oxygens (including phenoxy) is 2. The molecule has 0 bridgehead atoms. The van der Waals surface area contributed by atoms with Gasteiger partial charge in [0.1, 0.15) is 12.2 Å². The summed E-state index contributed by atoms with van der Waals surface area (Å²) in [7, 11) is 3.47. The van der Waals surface area contributed by atoms with Gasteiger partial charge in [-0.2, -0.15) is 0 Å². The molecule has 5 heteroatoms. The Morgan fingerprint density at radius 3 is 2.48 bits per heavy atom. The Labute approximate surface area is 132 Å². The Hall–Kier alpha value is -0.810. The first-order valence-electron chi connectivity index (χ1n) is 7.49. The summed E-state index contributed by atoms with van der Waals surface area (Å²) in [5, 5.41) is 4.23. The first-order chi connectivity index (χ1) is 10.2. The molecule has 1 saturated heterocycles. The molecule has 4 nitrogen and oxygen atoms in total. The fraction of sp³-hybridized carbons (Fsp3) is 0.625. The van der Waals surface area contributed by atoms with Crippen molar-refractivity contribution >= 4 is 17.3 Å². The lowest BCUT2D eigenvalue weighted by Gasteiger charge is -2.23. The van der Waals surface area contributed by atoms with Crippen LogP contribution in [0.4, 0.5) is 5.69 Å². The van der Waals surface area contributed by atoms with Gasteiger partial charge in [0, 0.05) is 33.9 Å². The standard InChI is InChI=1S/C16H25ClN2O2/c1-4-8-18-9-12-6-5-7-13(17)16(12)19-10-14(20-2)15(11-19)21-3/h5-7,14-15,18H,4,8-11H2,1-3H3. The van der Waals surface area contributed by atoms with Crippen molar-refractivity contribution in [1.82, 2.24) is 5.32 Å². The first-order valence-corrected chi connectivity index (χ1v) is 7.87. The predicted octanol–water partition coefficient (Wildman–Crippen LogP) is 2.69. The number of benzene rings is 1. The molecule has 0 saturated carbocycles. The van der Waals surface area contributed by atoms with Gasteiger partial charge in [-0.3, -0.25) is 0 Å². The Kier molecular flexibility index (Phi) is 6.30. The molecule has 1 heterocycles. The van der Waals surface area contributed by atoms with Crippen LogP contribution in [0.15, 0.2) is 18.2 Å². The van der Waals surface area contributed by atoms with Gasteiger partial charge < -0.3 is 19.7 Å². The number of halogens is 1. The van der Waals surface area contributed by atoms with E-state index in [9.17, 15) is 0 Å². The molecular formula is C16H25ClN2O2. The van der Waals surface area contributed by atoms with E-state index < -0.39 is 0 Å². The molecule has 1 aliphatic rings. The van der Waals surface area contributed by atoms with Crippen LogP contribution in [0.1, 0.15) is 18.9 Å². The number of anilines is 1. The number of hydrogen-bond acceptors (Lipinski definition) is 4. The molecule has 1 fully saturated rings. The van der Waals surface area contributed by atoms with E-state index in [1.807, 2.05) is 12.1 Å². The smallest absolute Gasteiger partial charge is 0.102 e. The molecule has 1 aliphatic heterocycles. The van der Waals surface area contributed by atoms with E-state index in [-0.39, 0.29) is 12.2 Å². The molecule has 0 aromatic heterocycles. The van der Waals surface area contributed by atoms with E-state index in [0.29, 0.717) is 0 Å². The lowest BCUT2D eigenvalue weighted by Crippen LogP contribution is -2.27. The summed E-state index contributed by atoms with van der Waals surface area (Å²) in [6.07, 6.45) is 1.29. The summed E-state index contributed by atoms with van der Waals surface area (Å²) >= 11 is 6.45. The fourth-order valence-corrected chi connectivity index (χ4v) is 3.15. The minimum Gasteiger partial charge on any atom is -0.377 e. The molecule has 0 spiro atoms. The zero-order valence-corrected chi connectivity index (χ0v) is 13.8. The number of hydrogen-bond donors (Lipinski definition) is 1. The van der Waals surface area contributed by atoms with Crippen molar-refractivity contribution in [2.75, 3.05) is 38.8 Å². The van der Waals surface area contributed by atoms with E-state index >= 15 is 0 Å². The summed E-state index contributed by atoms with van der Waals surface area (Å²) in [5.74, 6) is 0. The third-order valence-electron chi connectivity index (χ3n) is 3.95. The molecule has 0 amide bonds. The van der Waals surface area contributed by atoms with Gasteiger partial charge in [0.2, 0.25) is 0 Å². The SMILES string of the molecule is CCCNCc1cccc(Cl)c1N1CC(OC)C(OC)C1. The van der Waals surface area contributed by atoms with E-state index in [4.69, 9.17) is 21.1 Å². The van der Waals surface area contributed by atoms with Gasteiger partial charge in [0.25, 0.3) is 0 Å². The predicted molar refractivity (Wildman–Crippen MR) is 87.3 cm³/mol. The van der Waals surface area contributed by atoms with Crippen LogP contribution in [0.5, 0.6) is 0 Å². The molecule has 1 N–H and O–H groups in total. The maximum Gasteiger partial charge on any atom is 0.102 e. The van der Waals surface area contributed by atoms with Crippen molar-refractivity contribution in [3.05, 3.63) is 28.8 Å². The van der Waals surface area contributed by atoms with Crippen molar-refractivity contribution in [1.29, 1.82) is 0 Å². The molecule has 2 unspecified atom stereocenters. The Bertz CT molecular complexity index is 444. The van der Waals surface area contributed by atoms with Crippen LogP contribution in [0.3, 0.4) is 0 Å². The molecule has 1 aromatic carbocycles. The quantitative estimate of drug-likeness (QED) is 0.785. The second-order valence-corrected chi connectivity index (χ2v) is 5.78. The van der Waals surface area contributed by atoms with Crippen LogP contribution in [0, 0.1) is 0 Å². The van der Waals surface area contributed by atoms with Gasteiger partial charge in [-0.1, -0.05) is 30.7 Å². The van der Waals surface area contributed by atoms with Crippen molar-refractivity contribution in [3.63, 3.8) is 0 Å². The second-order valence-electron chi connectivity index (χ2n) is 5.38. The highest BCUT2D eigenvalue weighted by molar-refractivity contribution is 6.33. The van der Waals surface area contributed by atoms with Crippen molar-refractivity contribution in [2.45, 2.75) is 32.1 Å². The van der Waals surface area contributed by atoms with Crippen molar-refractivity contribution in [3.8, 4) is 0 Å². The Morgan fingerprint density at radius 1 is 1.24 bits per heavy atom. The molecule has 0 aliphatic carbocycles. The highest BCUT2D eigenvalue weighted by Crippen LogP contribution is 2.33. The minimum absolute atomic E-state index is 0.0859. The van der Waals surface area contributed by atoms with E-state index in [2.05, 4.69) is 23.2 Å². The lowest BCUT2D eigenvalue weighted by molar-refractivity contribution is -0.00461. The summed E-state index contributed by atoms with van der Waals surface area (Å²) in [5.41, 5.74) is 2.33. The number of nitrogens with one attached hydrogen (secondary N) is 1. The monoisotopic (exact) mass is 312 g/mol. The summed E-state index contributed by atoms with van der Waals surface area (Å²) in [4.78, 5) is 2.27. The second kappa shape index (κ2) is 7.99. The number of nitrogens with zero attached hydrogens (tertiary/aromatic N) is 1. The Morgan fingerprint density at radius 2 is 1.90 bits per heavy atom. The van der Waals surface area contributed by atoms with E-state index in [1.54, 1.807) is 14.2 Å². The molecule has 21 heavy (non-hydrogen) atoms. The van der Waals surface area contributed by atoms with Crippen LogP contribution in [0.2, 0.25) is 5.02 Å². The van der Waals surface area contributed by atoms with Gasteiger partial charge in [0.05, 0.1) is 10.7 Å². The summed E-state index contributed by atoms with van der Waals surface area (Å²) in [6, 6.07) is 6.08. The largest absolute Gasteiger partial charge is 0.377 e. The Balaban J connectivity index is 2.18. The zero-order valence-electron chi connectivity index (χ0n) is 13.1. The molecule has 2 rings (SSSR count). The molecule has 0 radical (unpaired) electrons. The van der Waals surface area contributed by atoms with Crippen LogP contribution < -0.4 is 10.2 Å². The topological polar surface area (TPSA) is 33.7 Å². The normalized spacial score (nSPS) is 22.0. The van der Waals surface area contributed by atoms with Crippen LogP contribution in [-0.2, 0) is 16.0 Å². The first kappa shape index (κ1) is 16.6. The summed E-state index contributed by atoms with van der Waals surface area (Å²) < 4.78 is 11.0. The number of methoxy groups -OCH3 is 2. The molecule has 1 aromatic rings. The average molecular weight is 313 g/mol. The molecule has 118 valence electrons. The van der Waals surface area contributed by atoms with Gasteiger partial charge in [-0.15, -0.1) is 0 Å². The third-order valence-corrected chi connectivity index (χ3v) is 4.25. The van der Waals surface area contributed by atoms with Gasteiger partial charge in [-0.05, 0) is 24.6 Å². The van der Waals surface area contributed by atoms with E-state index in [0.717, 1.165) is 43.3 Å². The van der Waals surface area contributed by atoms with Crippen LogP contribution in [-0.4, -0.2) is 46.1 Å². The third kappa shape index (κ3) is 3.89. The highest BCUT2D eigenvalue weighted by atomic mass is 35.5. The minimum atomic E-state index is 0.0859. The zero-order chi connectivity index (χ0) is 15.2. The van der Waals surface area contributed by atoms with Gasteiger partial charge in [-0.25, -0.2) is 0 Å². The summed E-state index contributed by atoms with van der Waals surface area (Å²) in [6.45, 7) is 5.61. The fourth-order valence-electron chi connectivity index (χ4n) is 2.84. The lowest BCUT2D eigenvalue weighted by atomic mass is 10.1. The van der Waals surface area contributed by atoms with Crippen LogP contribution in [0.25, 0.3) is 0 Å². The van der Waals surface area contributed by atoms with Gasteiger partial charge >= 0.3 is 0 Å². The van der Waals surface area contributed by atoms with Crippen LogP contribution >= 0.6 is 11.6 Å². The van der Waals surface area contributed by atoms with E-state index in [1.165, 1.54) is 5.56 Å². The molecule has 2 atom stereocenters. The highest BCUT2D eigenvalue weighted by Gasteiger charge is 2.34. The number of para-hydroxylation sites is 1. The van der Waals surface area contributed by atoms with Gasteiger partial charge in [0.15, 0.2) is 0 Å². The molecular weight excluding hydrogens is 288 g/mol. The number of rotatable bonds is 7. The maximum absolute atomic E-state index is 6.45. The van der Waals surface area contributed by atoms with Crippen molar-refractivity contribution in [2.24, 2.45) is 0 Å². The average Bonchev–Trinajstić information content (AvgIpc) is 2.90. The maximum atomic E-state index is 6.45. The van der Waals surface area contributed by atoms with Crippen molar-refractivity contribution < 1.29 is 9.47 Å².